The first-order chi connectivity index (χ1) is 5.56. The Labute approximate surface area is 95.7 Å². The average molecular weight is 260 g/mol. The highest BCUT2D eigenvalue weighted by molar-refractivity contribution is 9.17. The van der Waals surface area contributed by atoms with Crippen LogP contribution in [0.4, 0.5) is 0 Å². The summed E-state index contributed by atoms with van der Waals surface area (Å²) < 4.78 is -1.58. The van der Waals surface area contributed by atoms with Crippen LogP contribution in [0.2, 0.25) is 0 Å². The molecule has 0 aromatic carbocycles. The maximum atomic E-state index is 5.09. The molecule has 0 atom stereocenters. The molecule has 0 unspecified atom stereocenters. The molecular formula is C7H17PS4. The van der Waals surface area contributed by atoms with Crippen LogP contribution in [0.25, 0.3) is 0 Å². The van der Waals surface area contributed by atoms with Crippen molar-refractivity contribution in [2.75, 3.05) is 5.75 Å². The van der Waals surface area contributed by atoms with Gasteiger partial charge in [0.05, 0.1) is 0 Å². The van der Waals surface area contributed by atoms with Crippen molar-refractivity contribution >= 4 is 51.3 Å². The first-order valence-corrected chi connectivity index (χ1v) is 11.0. The van der Waals surface area contributed by atoms with Gasteiger partial charge in [0.15, 0.2) is 0 Å². The molecule has 74 valence electrons. The first kappa shape index (κ1) is 13.7. The van der Waals surface area contributed by atoms with Crippen molar-refractivity contribution in [2.24, 2.45) is 0 Å². The molecule has 0 nitrogen and oxygen atoms in total. The second-order valence-electron chi connectivity index (χ2n) is 2.74. The van der Waals surface area contributed by atoms with Crippen molar-refractivity contribution in [3.8, 4) is 0 Å². The van der Waals surface area contributed by atoms with Crippen LogP contribution in [0, 0.1) is 0 Å². The number of hydrogen-bond donors (Lipinski definition) is 2. The third-order valence-corrected chi connectivity index (χ3v) is 6.90. The molecule has 0 aromatic heterocycles. The van der Waals surface area contributed by atoms with Crippen molar-refractivity contribution in [3.05, 3.63) is 0 Å². The van der Waals surface area contributed by atoms with Crippen LogP contribution in [-0.2, 0) is 11.8 Å². The zero-order valence-electron chi connectivity index (χ0n) is 7.40. The van der Waals surface area contributed by atoms with E-state index < -0.39 is 3.64 Å². The summed E-state index contributed by atoms with van der Waals surface area (Å²) >= 11 is 15.3. The maximum Gasteiger partial charge on any atom is 0.103 e. The fraction of sp³-hybridized carbons (Fsp3) is 1.00. The van der Waals surface area contributed by atoms with Crippen LogP contribution in [0.15, 0.2) is 0 Å². The zero-order chi connectivity index (χ0) is 9.45. The Morgan fingerprint density at radius 3 is 2.25 bits per heavy atom. The van der Waals surface area contributed by atoms with Crippen molar-refractivity contribution in [3.63, 3.8) is 0 Å². The minimum atomic E-state index is -1.58. The molecule has 0 saturated carbocycles. The minimum Gasteiger partial charge on any atom is -0.122 e. The fourth-order valence-electron chi connectivity index (χ4n) is 0.889. The van der Waals surface area contributed by atoms with E-state index in [4.69, 9.17) is 11.8 Å². The summed E-state index contributed by atoms with van der Waals surface area (Å²) in [6.45, 7) is 2.23. The van der Waals surface area contributed by atoms with Crippen molar-refractivity contribution in [1.29, 1.82) is 0 Å². The summed E-state index contributed by atoms with van der Waals surface area (Å²) in [4.78, 5) is 0. The Morgan fingerprint density at radius 2 is 1.75 bits per heavy atom. The monoisotopic (exact) mass is 260 g/mol. The van der Waals surface area contributed by atoms with E-state index in [0.717, 1.165) is 5.75 Å². The lowest BCUT2D eigenvalue weighted by Crippen LogP contribution is -1.79. The maximum absolute atomic E-state index is 5.09. The SMILES string of the molecule is CCCCCCCSP(=S)(S)S. The molecule has 0 radical (unpaired) electrons. The Hall–Kier alpha value is 1.70. The van der Waals surface area contributed by atoms with Gasteiger partial charge in [0.1, 0.15) is 3.64 Å². The van der Waals surface area contributed by atoms with Gasteiger partial charge in [-0.15, -0.1) is 35.9 Å². The number of unbranched alkanes of at least 4 members (excludes halogenated alkanes) is 4. The fourth-order valence-corrected chi connectivity index (χ4v) is 4.70. The van der Waals surface area contributed by atoms with Gasteiger partial charge < -0.3 is 0 Å². The summed E-state index contributed by atoms with van der Waals surface area (Å²) in [6, 6.07) is 0. The lowest BCUT2D eigenvalue weighted by atomic mass is 10.2. The minimum absolute atomic E-state index is 1.13. The van der Waals surface area contributed by atoms with Gasteiger partial charge in [0.2, 0.25) is 0 Å². The summed E-state index contributed by atoms with van der Waals surface area (Å²) in [5.74, 6) is 1.13. The largest absolute Gasteiger partial charge is 0.122 e. The topological polar surface area (TPSA) is 0 Å². The molecule has 0 spiro atoms. The van der Waals surface area contributed by atoms with Gasteiger partial charge in [-0.25, -0.2) is 0 Å². The van der Waals surface area contributed by atoms with Gasteiger partial charge in [0.25, 0.3) is 0 Å². The second kappa shape index (κ2) is 8.05. The molecule has 0 saturated heterocycles. The highest BCUT2D eigenvalue weighted by Gasteiger charge is 2.03. The second-order valence-corrected chi connectivity index (χ2v) is 16.9. The van der Waals surface area contributed by atoms with Crippen LogP contribution < -0.4 is 0 Å². The summed E-state index contributed by atoms with van der Waals surface area (Å²) in [5, 5.41) is 0. The van der Waals surface area contributed by atoms with E-state index in [1.165, 1.54) is 32.1 Å². The van der Waals surface area contributed by atoms with E-state index in [9.17, 15) is 0 Å². The Kier molecular flexibility index (Phi) is 9.19. The van der Waals surface area contributed by atoms with Crippen LogP contribution in [0.1, 0.15) is 39.0 Å². The molecule has 0 aliphatic carbocycles. The molecule has 5 heteroatoms. The van der Waals surface area contributed by atoms with E-state index in [1.807, 2.05) is 0 Å². The lowest BCUT2D eigenvalue weighted by Gasteiger charge is -2.06. The van der Waals surface area contributed by atoms with Crippen molar-refractivity contribution in [1.82, 2.24) is 0 Å². The van der Waals surface area contributed by atoms with Gasteiger partial charge in [0, 0.05) is 0 Å². The first-order valence-electron chi connectivity index (χ1n) is 4.26. The number of thiol groups is 2. The predicted octanol–water partition coefficient (Wildman–Crippen LogP) is 4.77. The zero-order valence-corrected chi connectivity index (χ0v) is 11.7. The lowest BCUT2D eigenvalue weighted by molar-refractivity contribution is 0.660. The molecule has 0 aromatic rings. The summed E-state index contributed by atoms with van der Waals surface area (Å²) in [7, 11) is 0. The summed E-state index contributed by atoms with van der Waals surface area (Å²) in [6.07, 6.45) is 6.63. The van der Waals surface area contributed by atoms with Crippen molar-refractivity contribution in [2.45, 2.75) is 39.0 Å². The predicted molar refractivity (Wildman–Crippen MR) is 73.5 cm³/mol. The van der Waals surface area contributed by atoms with Crippen LogP contribution in [0.5, 0.6) is 0 Å². The van der Waals surface area contributed by atoms with Crippen LogP contribution in [-0.4, -0.2) is 5.75 Å². The molecule has 0 N–H and O–H groups in total. The molecule has 0 aliphatic heterocycles. The smallest absolute Gasteiger partial charge is 0.103 e. The number of rotatable bonds is 7. The summed E-state index contributed by atoms with van der Waals surface area (Å²) in [5.41, 5.74) is 0. The molecule has 0 aliphatic rings. The molecule has 0 heterocycles. The van der Waals surface area contributed by atoms with Crippen LogP contribution in [0.3, 0.4) is 0 Å². The Morgan fingerprint density at radius 1 is 1.17 bits per heavy atom. The molecular weight excluding hydrogens is 243 g/mol. The van der Waals surface area contributed by atoms with E-state index in [-0.39, 0.29) is 0 Å². The van der Waals surface area contributed by atoms with E-state index in [1.54, 1.807) is 11.4 Å². The highest BCUT2D eigenvalue weighted by atomic mass is 33.5. The van der Waals surface area contributed by atoms with Gasteiger partial charge in [-0.2, -0.15) is 0 Å². The number of hydrogen-bond acceptors (Lipinski definition) is 2. The van der Waals surface area contributed by atoms with Crippen molar-refractivity contribution < 1.29 is 0 Å². The van der Waals surface area contributed by atoms with E-state index in [0.29, 0.717) is 0 Å². The highest BCUT2D eigenvalue weighted by Crippen LogP contribution is 2.67. The van der Waals surface area contributed by atoms with Gasteiger partial charge >= 0.3 is 0 Å². The van der Waals surface area contributed by atoms with E-state index >= 15 is 0 Å². The standard InChI is InChI=1S/C7H17PS4/c1-2-3-4-5-6-7-12-8(9,10)11/h2-7H2,1H3,(H2,9,10,11). The van der Waals surface area contributed by atoms with E-state index in [2.05, 4.69) is 31.4 Å². The molecule has 0 amide bonds. The normalized spacial score (nSPS) is 11.9. The van der Waals surface area contributed by atoms with Crippen LogP contribution >= 0.6 is 39.5 Å². The Bertz CT molecular complexity index is 142. The van der Waals surface area contributed by atoms with Gasteiger partial charge in [-0.05, 0) is 12.2 Å². The molecule has 0 fully saturated rings. The third kappa shape index (κ3) is 11.7. The van der Waals surface area contributed by atoms with Gasteiger partial charge in [-0.3, -0.25) is 0 Å². The van der Waals surface area contributed by atoms with Gasteiger partial charge in [-0.1, -0.05) is 44.4 Å². The average Bonchev–Trinajstić information content (AvgIpc) is 1.94. The molecule has 12 heavy (non-hydrogen) atoms. The molecule has 0 rings (SSSR count). The molecule has 0 bridgehead atoms. The quantitative estimate of drug-likeness (QED) is 0.384. The third-order valence-electron chi connectivity index (χ3n) is 1.51. The Balaban J connectivity index is 3.06.